The molecule has 0 unspecified atom stereocenters. The summed E-state index contributed by atoms with van der Waals surface area (Å²) in [6.45, 7) is 11.3. The van der Waals surface area contributed by atoms with Crippen LogP contribution in [0.1, 0.15) is 46.1 Å². The van der Waals surface area contributed by atoms with Gasteiger partial charge in [-0.1, -0.05) is 27.7 Å². The lowest BCUT2D eigenvalue weighted by Crippen LogP contribution is -2.39. The van der Waals surface area contributed by atoms with E-state index in [4.69, 9.17) is 5.73 Å². The zero-order valence-corrected chi connectivity index (χ0v) is 12.6. The van der Waals surface area contributed by atoms with Crippen LogP contribution in [-0.4, -0.2) is 23.1 Å². The molecule has 0 aromatic carbocycles. The highest BCUT2D eigenvalue weighted by atomic mass is 15.2. The Bertz CT molecular complexity index is 428. The van der Waals surface area contributed by atoms with Crippen molar-refractivity contribution in [2.24, 2.45) is 11.3 Å². The minimum absolute atomic E-state index is 0.407. The van der Waals surface area contributed by atoms with Gasteiger partial charge in [0.15, 0.2) is 0 Å². The van der Waals surface area contributed by atoms with E-state index in [2.05, 4.69) is 42.6 Å². The third-order valence-electron chi connectivity index (χ3n) is 4.33. The highest BCUT2D eigenvalue weighted by Crippen LogP contribution is 2.36. The van der Waals surface area contributed by atoms with Crippen molar-refractivity contribution >= 4 is 11.6 Å². The molecule has 0 spiro atoms. The fourth-order valence-electron chi connectivity index (χ4n) is 2.99. The topological polar surface area (TPSA) is 55.0 Å². The lowest BCUT2D eigenvalue weighted by atomic mass is 9.75. The van der Waals surface area contributed by atoms with Gasteiger partial charge in [-0.3, -0.25) is 0 Å². The number of hydrogen-bond donors (Lipinski definition) is 1. The molecule has 2 rings (SSSR count). The van der Waals surface area contributed by atoms with E-state index in [9.17, 15) is 0 Å². The quantitative estimate of drug-likeness (QED) is 0.890. The average Bonchev–Trinajstić information content (AvgIpc) is 2.37. The maximum atomic E-state index is 5.96. The first-order valence-electron chi connectivity index (χ1n) is 7.27. The third-order valence-corrected chi connectivity index (χ3v) is 4.33. The van der Waals surface area contributed by atoms with Crippen molar-refractivity contribution < 1.29 is 0 Å². The number of rotatable bonds is 2. The molecule has 0 amide bonds. The summed E-state index contributed by atoms with van der Waals surface area (Å²) in [6, 6.07) is 0. The van der Waals surface area contributed by atoms with Gasteiger partial charge in [0.2, 0.25) is 0 Å². The van der Waals surface area contributed by atoms with Crippen LogP contribution in [0, 0.1) is 11.3 Å². The minimum Gasteiger partial charge on any atom is -0.383 e. The first-order valence-corrected chi connectivity index (χ1v) is 7.27. The van der Waals surface area contributed by atoms with Crippen molar-refractivity contribution in [2.75, 3.05) is 23.7 Å². The maximum Gasteiger partial charge on any atom is 0.137 e. The number of nitrogens with zero attached hydrogens (tertiary/aromatic N) is 3. The number of aromatic nitrogens is 2. The summed E-state index contributed by atoms with van der Waals surface area (Å²) in [7, 11) is 0. The molecule has 19 heavy (non-hydrogen) atoms. The van der Waals surface area contributed by atoms with Crippen molar-refractivity contribution in [3.05, 3.63) is 11.9 Å². The van der Waals surface area contributed by atoms with Gasteiger partial charge in [0.1, 0.15) is 18.0 Å². The molecule has 0 atom stereocenters. The van der Waals surface area contributed by atoms with Crippen LogP contribution in [0.4, 0.5) is 11.6 Å². The largest absolute Gasteiger partial charge is 0.383 e. The second kappa shape index (κ2) is 5.35. The van der Waals surface area contributed by atoms with E-state index < -0.39 is 0 Å². The molecule has 4 nitrogen and oxygen atoms in total. The van der Waals surface area contributed by atoms with E-state index in [1.807, 2.05) is 0 Å². The van der Waals surface area contributed by atoms with Crippen molar-refractivity contribution in [1.29, 1.82) is 0 Å². The Morgan fingerprint density at radius 2 is 1.89 bits per heavy atom. The summed E-state index contributed by atoms with van der Waals surface area (Å²) < 4.78 is 0. The molecule has 0 aliphatic carbocycles. The zero-order chi connectivity index (χ0) is 14.0. The summed E-state index contributed by atoms with van der Waals surface area (Å²) >= 11 is 0. The standard InChI is InChI=1S/C15H26N4/c1-5-12-13(16)17-10-18-14(12)19-8-6-11(7-9-19)15(2,3)4/h10-11H,5-9H2,1-4H3,(H2,16,17,18). The molecule has 1 aliphatic heterocycles. The maximum absolute atomic E-state index is 5.96. The summed E-state index contributed by atoms with van der Waals surface area (Å²) in [4.78, 5) is 10.9. The molecule has 1 aromatic rings. The molecule has 4 heteroatoms. The van der Waals surface area contributed by atoms with E-state index in [0.717, 1.165) is 36.8 Å². The van der Waals surface area contributed by atoms with Gasteiger partial charge in [-0.2, -0.15) is 0 Å². The average molecular weight is 262 g/mol. The Kier molecular flexibility index (Phi) is 3.97. The van der Waals surface area contributed by atoms with Crippen LogP contribution in [0.5, 0.6) is 0 Å². The van der Waals surface area contributed by atoms with E-state index in [0.29, 0.717) is 11.2 Å². The number of hydrogen-bond acceptors (Lipinski definition) is 4. The fraction of sp³-hybridized carbons (Fsp3) is 0.733. The lowest BCUT2D eigenvalue weighted by molar-refractivity contribution is 0.198. The third kappa shape index (κ3) is 2.99. The Labute approximate surface area is 116 Å². The molecule has 1 aromatic heterocycles. The Morgan fingerprint density at radius 1 is 1.26 bits per heavy atom. The molecule has 0 radical (unpaired) electrons. The Morgan fingerprint density at radius 3 is 2.42 bits per heavy atom. The molecule has 1 saturated heterocycles. The molecule has 0 bridgehead atoms. The molecule has 2 heterocycles. The number of piperidine rings is 1. The summed E-state index contributed by atoms with van der Waals surface area (Å²) in [5.41, 5.74) is 7.46. The van der Waals surface area contributed by atoms with Crippen LogP contribution in [0.3, 0.4) is 0 Å². The SMILES string of the molecule is CCc1c(N)ncnc1N1CCC(C(C)(C)C)CC1. The van der Waals surface area contributed by atoms with Crippen LogP contribution in [-0.2, 0) is 6.42 Å². The molecule has 2 N–H and O–H groups in total. The highest BCUT2D eigenvalue weighted by molar-refractivity contribution is 5.56. The zero-order valence-electron chi connectivity index (χ0n) is 12.6. The Hall–Kier alpha value is -1.32. The second-order valence-corrected chi connectivity index (χ2v) is 6.54. The number of nitrogen functional groups attached to an aromatic ring is 1. The molecular weight excluding hydrogens is 236 g/mol. The molecule has 0 saturated carbocycles. The molecular formula is C15H26N4. The number of nitrogens with two attached hydrogens (primary N) is 1. The predicted octanol–water partition coefficient (Wildman–Crippen LogP) is 2.88. The second-order valence-electron chi connectivity index (χ2n) is 6.54. The van der Waals surface area contributed by atoms with Crippen LogP contribution in [0.25, 0.3) is 0 Å². The summed E-state index contributed by atoms with van der Waals surface area (Å²) in [5, 5.41) is 0. The van der Waals surface area contributed by atoms with Crippen LogP contribution in [0.2, 0.25) is 0 Å². The predicted molar refractivity (Wildman–Crippen MR) is 80.2 cm³/mol. The van der Waals surface area contributed by atoms with E-state index in [1.54, 1.807) is 6.33 Å². The summed E-state index contributed by atoms with van der Waals surface area (Å²) in [5.74, 6) is 2.47. The van der Waals surface area contributed by atoms with E-state index in [-0.39, 0.29) is 0 Å². The molecule has 106 valence electrons. The van der Waals surface area contributed by atoms with Crippen LogP contribution in [0.15, 0.2) is 6.33 Å². The van der Waals surface area contributed by atoms with Gasteiger partial charge in [0, 0.05) is 18.7 Å². The fourth-order valence-corrected chi connectivity index (χ4v) is 2.99. The first-order chi connectivity index (χ1) is 8.93. The van der Waals surface area contributed by atoms with Gasteiger partial charge in [-0.25, -0.2) is 9.97 Å². The lowest BCUT2D eigenvalue weighted by Gasteiger charge is -2.39. The van der Waals surface area contributed by atoms with Gasteiger partial charge in [0.25, 0.3) is 0 Å². The highest BCUT2D eigenvalue weighted by Gasteiger charge is 2.29. The molecule has 1 aliphatic rings. The summed E-state index contributed by atoms with van der Waals surface area (Å²) in [6.07, 6.45) is 4.94. The van der Waals surface area contributed by atoms with E-state index >= 15 is 0 Å². The minimum atomic E-state index is 0.407. The smallest absolute Gasteiger partial charge is 0.137 e. The van der Waals surface area contributed by atoms with Crippen molar-refractivity contribution in [3.8, 4) is 0 Å². The molecule has 1 fully saturated rings. The van der Waals surface area contributed by atoms with Gasteiger partial charge in [-0.05, 0) is 30.6 Å². The van der Waals surface area contributed by atoms with Gasteiger partial charge < -0.3 is 10.6 Å². The van der Waals surface area contributed by atoms with Crippen molar-refractivity contribution in [3.63, 3.8) is 0 Å². The van der Waals surface area contributed by atoms with Gasteiger partial charge >= 0.3 is 0 Å². The van der Waals surface area contributed by atoms with Crippen LogP contribution < -0.4 is 10.6 Å². The first kappa shape index (κ1) is 14.1. The van der Waals surface area contributed by atoms with Crippen molar-refractivity contribution in [1.82, 2.24) is 9.97 Å². The van der Waals surface area contributed by atoms with E-state index in [1.165, 1.54) is 12.8 Å². The van der Waals surface area contributed by atoms with Crippen LogP contribution >= 0.6 is 0 Å². The number of anilines is 2. The monoisotopic (exact) mass is 262 g/mol. The van der Waals surface area contributed by atoms with Crippen molar-refractivity contribution in [2.45, 2.75) is 47.0 Å². The van der Waals surface area contributed by atoms with Gasteiger partial charge in [0.05, 0.1) is 0 Å². The normalized spacial score (nSPS) is 17.8. The Balaban J connectivity index is 2.12. The van der Waals surface area contributed by atoms with Gasteiger partial charge in [-0.15, -0.1) is 0 Å².